The molecule has 0 aliphatic heterocycles. The van der Waals surface area contributed by atoms with E-state index in [1.54, 1.807) is 0 Å². The molecule has 64 heavy (non-hydrogen) atoms. The van der Waals surface area contributed by atoms with Crippen molar-refractivity contribution in [1.82, 2.24) is 0 Å². The number of ether oxygens (including phenoxy) is 3. The summed E-state index contributed by atoms with van der Waals surface area (Å²) in [5.74, 6) is -0.463. The number of carbonyl (C=O) groups excluding carboxylic acids is 2. The zero-order chi connectivity index (χ0) is 46.3. The van der Waals surface area contributed by atoms with Gasteiger partial charge in [0.15, 0.2) is 6.10 Å². The highest BCUT2D eigenvalue weighted by Crippen LogP contribution is 2.12. The van der Waals surface area contributed by atoms with Crippen molar-refractivity contribution in [2.75, 3.05) is 19.8 Å². The molecule has 0 aliphatic rings. The molecular weight excluding hydrogens is 789 g/mol. The zero-order valence-corrected chi connectivity index (χ0v) is 41.8. The Labute approximate surface area is 395 Å². The van der Waals surface area contributed by atoms with Gasteiger partial charge in [0.2, 0.25) is 0 Å². The lowest BCUT2D eigenvalue weighted by Gasteiger charge is -2.18. The fraction of sp³-hybridized carbons (Fsp3) is 0.661. The van der Waals surface area contributed by atoms with Crippen LogP contribution in [0.15, 0.2) is 109 Å². The summed E-state index contributed by atoms with van der Waals surface area (Å²) in [5, 5.41) is 0. The minimum atomic E-state index is -0.584. The average Bonchev–Trinajstić information content (AvgIpc) is 3.30. The molecule has 0 rings (SSSR count). The molecule has 5 nitrogen and oxygen atoms in total. The second-order valence-electron chi connectivity index (χ2n) is 17.0. The fourth-order valence-electron chi connectivity index (χ4n) is 6.84. The standard InChI is InChI=1S/C59H98O5/c1-4-7-10-13-16-19-22-25-28-29-30-31-33-34-37-40-43-46-49-52-58(60)63-56-57(55-62-54-51-48-45-42-39-36-27-24-21-18-15-12-9-6-3)64-59(61)53-50-47-44-41-38-35-32-26-23-20-17-14-11-8-5-2/h9,12,16-21,25-28,30-32,36,42,45,57H,4-8,10-11,13-15,22-24,29,33-35,37-41,43-44,46-56H2,1-3H3/b12-9-,19-16-,20-17-,21-18-,28-25-,31-30-,32-26-,36-27-,45-42-. The van der Waals surface area contributed by atoms with Gasteiger partial charge in [0.1, 0.15) is 6.61 Å². The molecule has 0 fully saturated rings. The first-order valence-electron chi connectivity index (χ1n) is 26.4. The van der Waals surface area contributed by atoms with Crippen LogP contribution in [-0.2, 0) is 23.8 Å². The number of unbranched alkanes of at least 4 members (excludes halogenated alkanes) is 18. The van der Waals surface area contributed by atoms with Crippen LogP contribution in [0.3, 0.4) is 0 Å². The van der Waals surface area contributed by atoms with Gasteiger partial charge in [-0.05, 0) is 122 Å². The molecule has 0 aromatic carbocycles. The van der Waals surface area contributed by atoms with Crippen LogP contribution in [-0.4, -0.2) is 37.9 Å². The third-order valence-electron chi connectivity index (χ3n) is 10.8. The molecule has 0 amide bonds. The number of hydrogen-bond acceptors (Lipinski definition) is 5. The fourth-order valence-corrected chi connectivity index (χ4v) is 6.84. The van der Waals surface area contributed by atoms with Crippen LogP contribution >= 0.6 is 0 Å². The van der Waals surface area contributed by atoms with Crippen LogP contribution in [0.1, 0.15) is 226 Å². The maximum atomic E-state index is 12.8. The van der Waals surface area contributed by atoms with Crippen LogP contribution in [0.4, 0.5) is 0 Å². The first kappa shape index (κ1) is 60.6. The van der Waals surface area contributed by atoms with Crippen LogP contribution in [0, 0.1) is 0 Å². The molecule has 0 aromatic rings. The minimum Gasteiger partial charge on any atom is -0.462 e. The van der Waals surface area contributed by atoms with Crippen LogP contribution < -0.4 is 0 Å². The van der Waals surface area contributed by atoms with Crippen LogP contribution in [0.5, 0.6) is 0 Å². The number of carbonyl (C=O) groups is 2. The Kier molecular flexibility index (Phi) is 51.0. The largest absolute Gasteiger partial charge is 0.462 e. The third-order valence-corrected chi connectivity index (χ3v) is 10.8. The first-order valence-corrected chi connectivity index (χ1v) is 26.4. The van der Waals surface area contributed by atoms with Gasteiger partial charge in [-0.25, -0.2) is 0 Å². The predicted molar refractivity (Wildman–Crippen MR) is 279 cm³/mol. The summed E-state index contributed by atoms with van der Waals surface area (Å²) < 4.78 is 17.3. The van der Waals surface area contributed by atoms with Crippen molar-refractivity contribution in [2.24, 2.45) is 0 Å². The van der Waals surface area contributed by atoms with Crippen molar-refractivity contribution in [2.45, 2.75) is 232 Å². The first-order chi connectivity index (χ1) is 31.6. The van der Waals surface area contributed by atoms with Gasteiger partial charge in [0.05, 0.1) is 6.61 Å². The van der Waals surface area contributed by atoms with Crippen molar-refractivity contribution in [1.29, 1.82) is 0 Å². The molecule has 5 heteroatoms. The van der Waals surface area contributed by atoms with Gasteiger partial charge in [-0.1, -0.05) is 201 Å². The molecule has 364 valence electrons. The van der Waals surface area contributed by atoms with Gasteiger partial charge in [-0.3, -0.25) is 9.59 Å². The monoisotopic (exact) mass is 887 g/mol. The second kappa shape index (κ2) is 53.9. The lowest BCUT2D eigenvalue weighted by Crippen LogP contribution is -2.30. The summed E-state index contributed by atoms with van der Waals surface area (Å²) in [6.45, 7) is 7.49. The molecule has 0 aromatic heterocycles. The Bertz CT molecular complexity index is 1280. The molecule has 0 spiro atoms. The Hall–Kier alpha value is -3.44. The van der Waals surface area contributed by atoms with Gasteiger partial charge in [0.25, 0.3) is 0 Å². The number of hydrogen-bond donors (Lipinski definition) is 0. The Balaban J connectivity index is 4.40. The van der Waals surface area contributed by atoms with E-state index < -0.39 is 6.10 Å². The Morgan fingerprint density at radius 1 is 0.359 bits per heavy atom. The van der Waals surface area contributed by atoms with Crippen molar-refractivity contribution in [3.63, 3.8) is 0 Å². The summed E-state index contributed by atoms with van der Waals surface area (Å²) in [7, 11) is 0. The number of esters is 2. The Morgan fingerprint density at radius 2 is 0.703 bits per heavy atom. The van der Waals surface area contributed by atoms with Gasteiger partial charge in [-0.15, -0.1) is 0 Å². The molecule has 0 N–H and O–H groups in total. The normalized spacial score (nSPS) is 13.1. The van der Waals surface area contributed by atoms with E-state index in [0.29, 0.717) is 19.4 Å². The summed E-state index contributed by atoms with van der Waals surface area (Å²) in [4.78, 5) is 25.4. The van der Waals surface area contributed by atoms with Gasteiger partial charge >= 0.3 is 11.9 Å². The zero-order valence-electron chi connectivity index (χ0n) is 41.8. The molecule has 0 saturated carbocycles. The second-order valence-corrected chi connectivity index (χ2v) is 17.0. The summed E-state index contributed by atoms with van der Waals surface area (Å²) >= 11 is 0. The topological polar surface area (TPSA) is 61.8 Å². The number of rotatable bonds is 47. The number of allylic oxidation sites excluding steroid dienone is 18. The highest BCUT2D eigenvalue weighted by atomic mass is 16.6. The van der Waals surface area contributed by atoms with Gasteiger partial charge in [-0.2, -0.15) is 0 Å². The van der Waals surface area contributed by atoms with E-state index in [1.807, 2.05) is 0 Å². The maximum absolute atomic E-state index is 12.8. The van der Waals surface area contributed by atoms with Gasteiger partial charge < -0.3 is 14.2 Å². The smallest absolute Gasteiger partial charge is 0.306 e. The van der Waals surface area contributed by atoms with E-state index in [2.05, 4.69) is 130 Å². The van der Waals surface area contributed by atoms with E-state index in [0.717, 1.165) is 109 Å². The van der Waals surface area contributed by atoms with E-state index in [9.17, 15) is 9.59 Å². The molecule has 0 aliphatic carbocycles. The molecule has 1 atom stereocenters. The molecule has 0 heterocycles. The highest BCUT2D eigenvalue weighted by Gasteiger charge is 2.17. The lowest BCUT2D eigenvalue weighted by molar-refractivity contribution is -0.163. The Morgan fingerprint density at radius 3 is 1.12 bits per heavy atom. The van der Waals surface area contributed by atoms with E-state index >= 15 is 0 Å². The quantitative estimate of drug-likeness (QED) is 0.0346. The molecule has 0 bridgehead atoms. The third kappa shape index (κ3) is 51.2. The van der Waals surface area contributed by atoms with E-state index in [1.165, 1.54) is 83.5 Å². The van der Waals surface area contributed by atoms with Crippen molar-refractivity contribution in [3.05, 3.63) is 109 Å². The van der Waals surface area contributed by atoms with E-state index in [-0.39, 0.29) is 25.2 Å². The molecule has 1 unspecified atom stereocenters. The van der Waals surface area contributed by atoms with Crippen molar-refractivity contribution < 1.29 is 23.8 Å². The summed E-state index contributed by atoms with van der Waals surface area (Å²) in [5.41, 5.74) is 0. The van der Waals surface area contributed by atoms with Crippen molar-refractivity contribution in [3.8, 4) is 0 Å². The van der Waals surface area contributed by atoms with Crippen molar-refractivity contribution >= 4 is 11.9 Å². The minimum absolute atomic E-state index is 0.0447. The molecule has 0 saturated heterocycles. The van der Waals surface area contributed by atoms with Crippen LogP contribution in [0.25, 0.3) is 0 Å². The average molecular weight is 887 g/mol. The molecular formula is C59H98O5. The van der Waals surface area contributed by atoms with Crippen LogP contribution in [0.2, 0.25) is 0 Å². The maximum Gasteiger partial charge on any atom is 0.306 e. The SMILES string of the molecule is CC/C=C\C/C=C\C/C=C\C/C=C\CCCOCC(COC(=O)CCCCCCCC/C=C\C/C=C\C/C=C\CCCCC)OC(=O)CCCCCCC/C=C\C/C=C\CCCCC. The highest BCUT2D eigenvalue weighted by molar-refractivity contribution is 5.70. The lowest BCUT2D eigenvalue weighted by atomic mass is 10.1. The molecule has 0 radical (unpaired) electrons. The summed E-state index contributed by atoms with van der Waals surface area (Å²) in [6, 6.07) is 0. The predicted octanol–water partition coefficient (Wildman–Crippen LogP) is 18.0. The van der Waals surface area contributed by atoms with E-state index in [4.69, 9.17) is 14.2 Å². The van der Waals surface area contributed by atoms with Gasteiger partial charge in [0, 0.05) is 19.4 Å². The summed E-state index contributed by atoms with van der Waals surface area (Å²) in [6.07, 6.45) is 73.9.